The van der Waals surface area contributed by atoms with Crippen LogP contribution in [0, 0.1) is 0 Å². The summed E-state index contributed by atoms with van der Waals surface area (Å²) in [5, 5.41) is 0. The summed E-state index contributed by atoms with van der Waals surface area (Å²) in [6.07, 6.45) is -37.0. The number of alkyl halides is 19. The molecule has 5 nitrogen and oxygen atoms in total. The molecule has 5 unspecified atom stereocenters. The Hall–Kier alpha value is -1.53. The average molecular weight is 644 g/mol. The van der Waals surface area contributed by atoms with Crippen LogP contribution in [0.4, 0.5) is 83.4 Å². The first-order valence-electron chi connectivity index (χ1n) is 9.85. The van der Waals surface area contributed by atoms with Gasteiger partial charge in [-0.1, -0.05) is 0 Å². The smallest absolute Gasteiger partial charge is 0.345 e. The molecule has 2 heterocycles. The van der Waals surface area contributed by atoms with E-state index >= 15 is 4.39 Å². The van der Waals surface area contributed by atoms with Gasteiger partial charge in [0.15, 0.2) is 0 Å². The van der Waals surface area contributed by atoms with Gasteiger partial charge in [-0.2, -0.15) is 83.4 Å². The lowest BCUT2D eigenvalue weighted by Gasteiger charge is -2.43. The molecule has 2 aliphatic heterocycles. The van der Waals surface area contributed by atoms with Crippen LogP contribution < -0.4 is 0 Å². The molecule has 0 bridgehead atoms. The highest BCUT2D eigenvalue weighted by atomic mass is 19.4. The second-order valence-electron chi connectivity index (χ2n) is 7.93. The zero-order valence-electron chi connectivity index (χ0n) is 18.5. The molecule has 0 spiro atoms. The van der Waals surface area contributed by atoms with Gasteiger partial charge in [-0.3, -0.25) is 14.2 Å². The average Bonchev–Trinajstić information content (AvgIpc) is 3.20. The fraction of sp³-hybridized carbons (Fsp3) is 1.00. The fourth-order valence-corrected chi connectivity index (χ4v) is 3.58. The molecule has 40 heavy (non-hydrogen) atoms. The summed E-state index contributed by atoms with van der Waals surface area (Å²) in [7, 11) is 0. The summed E-state index contributed by atoms with van der Waals surface area (Å²) >= 11 is 0. The first-order valence-corrected chi connectivity index (χ1v) is 9.85. The predicted octanol–water partition coefficient (Wildman–Crippen LogP) is 6.76. The summed E-state index contributed by atoms with van der Waals surface area (Å²) in [6.45, 7) is -5.48. The van der Waals surface area contributed by atoms with Crippen LogP contribution in [0.2, 0.25) is 0 Å². The molecular formula is C16H11F19O5. The molecule has 2 rings (SSSR count). The molecule has 0 aliphatic carbocycles. The maximum atomic E-state index is 15.0. The van der Waals surface area contributed by atoms with Gasteiger partial charge in [0.1, 0.15) is 6.10 Å². The highest BCUT2D eigenvalue weighted by Crippen LogP contribution is 2.66. The van der Waals surface area contributed by atoms with Gasteiger partial charge in [0.05, 0.1) is 0 Å². The van der Waals surface area contributed by atoms with Crippen LogP contribution >= 0.6 is 0 Å². The van der Waals surface area contributed by atoms with Gasteiger partial charge in [-0.05, 0) is 13.3 Å². The molecule has 0 saturated carbocycles. The third-order valence-corrected chi connectivity index (χ3v) is 5.44. The summed E-state index contributed by atoms with van der Waals surface area (Å²) in [5.74, 6) is -39.4. The van der Waals surface area contributed by atoms with Crippen molar-refractivity contribution in [2.75, 3.05) is 6.61 Å². The molecule has 238 valence electrons. The molecule has 2 fully saturated rings. The number of ether oxygens (including phenoxy) is 5. The molecule has 0 N–H and O–H groups in total. The third-order valence-electron chi connectivity index (χ3n) is 5.44. The molecule has 0 aromatic heterocycles. The van der Waals surface area contributed by atoms with Crippen molar-refractivity contribution in [1.82, 2.24) is 0 Å². The van der Waals surface area contributed by atoms with Crippen LogP contribution in [-0.4, -0.2) is 79.1 Å². The SMILES string of the molecule is CCOC1(C(F)(OC(F)F)C(F)(F)F)CCC(C(F)(OC(F)(F)C2(F)OC(F)(F)C(F)(F)C2(F)F)C(F)(F)F)O1. The number of hydrogen-bond donors (Lipinski definition) is 0. The van der Waals surface area contributed by atoms with Gasteiger partial charge in [-0.15, -0.1) is 0 Å². The van der Waals surface area contributed by atoms with Gasteiger partial charge in [0.2, 0.25) is 5.79 Å². The Labute approximate surface area is 207 Å². The maximum Gasteiger partial charge on any atom is 0.454 e. The lowest BCUT2D eigenvalue weighted by atomic mass is 10.0. The van der Waals surface area contributed by atoms with E-state index in [-0.39, 0.29) is 0 Å². The van der Waals surface area contributed by atoms with Crippen molar-refractivity contribution in [3.8, 4) is 0 Å². The molecule has 2 aliphatic rings. The van der Waals surface area contributed by atoms with E-state index in [0.717, 1.165) is 0 Å². The normalized spacial score (nSPS) is 33.7. The van der Waals surface area contributed by atoms with Crippen molar-refractivity contribution in [3.05, 3.63) is 0 Å². The van der Waals surface area contributed by atoms with E-state index in [1.54, 1.807) is 0 Å². The van der Waals surface area contributed by atoms with Crippen molar-refractivity contribution in [2.24, 2.45) is 0 Å². The van der Waals surface area contributed by atoms with Crippen LogP contribution in [0.1, 0.15) is 19.8 Å². The largest absolute Gasteiger partial charge is 0.454 e. The molecule has 2 saturated heterocycles. The van der Waals surface area contributed by atoms with Crippen molar-refractivity contribution in [3.63, 3.8) is 0 Å². The Kier molecular flexibility index (Phi) is 8.22. The summed E-state index contributed by atoms with van der Waals surface area (Å²) < 4.78 is 273. The molecule has 0 aromatic rings. The quantitative estimate of drug-likeness (QED) is 0.260. The Bertz CT molecular complexity index is 939. The third kappa shape index (κ3) is 4.64. The lowest BCUT2D eigenvalue weighted by Crippen LogP contribution is -2.67. The van der Waals surface area contributed by atoms with Gasteiger partial charge in [-0.25, -0.2) is 0 Å². The number of halogens is 19. The molecule has 0 radical (unpaired) electrons. The zero-order chi connectivity index (χ0) is 31.8. The van der Waals surface area contributed by atoms with Gasteiger partial charge < -0.3 is 9.47 Å². The van der Waals surface area contributed by atoms with E-state index < -0.39 is 91.9 Å². The summed E-state index contributed by atoms with van der Waals surface area (Å²) in [6, 6.07) is 0. The summed E-state index contributed by atoms with van der Waals surface area (Å²) in [4.78, 5) is 0. The van der Waals surface area contributed by atoms with Crippen LogP contribution in [0.25, 0.3) is 0 Å². The van der Waals surface area contributed by atoms with Crippen molar-refractivity contribution < 1.29 is 107 Å². The monoisotopic (exact) mass is 644 g/mol. The van der Waals surface area contributed by atoms with Crippen LogP contribution in [-0.2, 0) is 23.7 Å². The highest BCUT2D eigenvalue weighted by molar-refractivity contribution is 5.12. The van der Waals surface area contributed by atoms with E-state index in [1.165, 1.54) is 0 Å². The van der Waals surface area contributed by atoms with Crippen molar-refractivity contribution >= 4 is 0 Å². The molecular weight excluding hydrogens is 633 g/mol. The van der Waals surface area contributed by atoms with Crippen LogP contribution in [0.3, 0.4) is 0 Å². The Morgan fingerprint density at radius 1 is 0.800 bits per heavy atom. The van der Waals surface area contributed by atoms with E-state index in [0.29, 0.717) is 6.92 Å². The lowest BCUT2D eigenvalue weighted by molar-refractivity contribution is -0.512. The first-order chi connectivity index (χ1) is 17.5. The Morgan fingerprint density at radius 2 is 1.30 bits per heavy atom. The molecule has 0 aromatic carbocycles. The second-order valence-corrected chi connectivity index (χ2v) is 7.93. The van der Waals surface area contributed by atoms with Gasteiger partial charge in [0, 0.05) is 13.0 Å². The molecule has 24 heteroatoms. The first kappa shape index (κ1) is 34.7. The summed E-state index contributed by atoms with van der Waals surface area (Å²) in [5.41, 5.74) is 0. The zero-order valence-corrected chi connectivity index (χ0v) is 18.5. The van der Waals surface area contributed by atoms with E-state index in [2.05, 4.69) is 18.9 Å². The van der Waals surface area contributed by atoms with E-state index in [4.69, 9.17) is 0 Å². The highest BCUT2D eigenvalue weighted by Gasteiger charge is 2.96. The Morgan fingerprint density at radius 3 is 1.65 bits per heavy atom. The van der Waals surface area contributed by atoms with Crippen molar-refractivity contribution in [2.45, 2.75) is 92.2 Å². The fourth-order valence-electron chi connectivity index (χ4n) is 3.58. The van der Waals surface area contributed by atoms with Gasteiger partial charge in [0.25, 0.3) is 0 Å². The minimum absolute atomic E-state index is 0.613. The topological polar surface area (TPSA) is 46.2 Å². The molecule has 5 atom stereocenters. The molecule has 0 amide bonds. The maximum absolute atomic E-state index is 15.0. The van der Waals surface area contributed by atoms with Crippen LogP contribution in [0.15, 0.2) is 0 Å². The van der Waals surface area contributed by atoms with Crippen LogP contribution in [0.5, 0.6) is 0 Å². The minimum atomic E-state index is -7.54. The number of hydrogen-bond acceptors (Lipinski definition) is 5. The van der Waals surface area contributed by atoms with Crippen molar-refractivity contribution in [1.29, 1.82) is 0 Å². The predicted molar refractivity (Wildman–Crippen MR) is 81.1 cm³/mol. The minimum Gasteiger partial charge on any atom is -0.345 e. The Balaban J connectivity index is 2.64. The van der Waals surface area contributed by atoms with Gasteiger partial charge >= 0.3 is 60.6 Å². The van der Waals surface area contributed by atoms with E-state index in [1.807, 2.05) is 4.74 Å². The number of rotatable bonds is 9. The standard InChI is InChI=1S/C16H11F19O5/c1-2-36-7(11(24,14(29,30)31)38-6(17)18)4-3-5(37-7)8(19,13(26,27)28)39-16(34,35)12(25)9(20,21)10(22,23)15(32,33)40-12/h5-6H,2-4H2,1H3. The second kappa shape index (κ2) is 9.49. The van der Waals surface area contributed by atoms with E-state index in [9.17, 15) is 79.0 Å².